The van der Waals surface area contributed by atoms with E-state index in [1.807, 2.05) is 6.92 Å². The van der Waals surface area contributed by atoms with Crippen molar-refractivity contribution in [3.63, 3.8) is 0 Å². The lowest BCUT2D eigenvalue weighted by molar-refractivity contribution is -0.171. The van der Waals surface area contributed by atoms with Gasteiger partial charge in [-0.15, -0.1) is 0 Å². The lowest BCUT2D eigenvalue weighted by Crippen LogP contribution is -2.38. The standard InChI is InChI=1S/C15H22O7S.C14H16F3NO2/c1-4-15(2,3)14(17)20-7-11(16)21-12-8-5-9-10(6-8)23(18,19)22-13(9)12;1-4-13(2,3)12(19)20-18-11(14(15,16)17)10-8-6-5-7-9-10/h8-10,12-13H,4-7H2,1-3H3;5-9H,4H2,1-3H3/b;18-11+. The number of fused-ring (bicyclic) bond motifs is 1. The Balaban J connectivity index is 0.000000238. The summed E-state index contributed by atoms with van der Waals surface area (Å²) >= 11 is 0. The van der Waals surface area contributed by atoms with Crippen LogP contribution in [0.1, 0.15) is 72.8 Å². The maximum atomic E-state index is 12.9. The Morgan fingerprint density at radius 3 is 2.09 bits per heavy atom. The van der Waals surface area contributed by atoms with Crippen molar-refractivity contribution in [3.05, 3.63) is 35.9 Å². The van der Waals surface area contributed by atoms with E-state index in [0.29, 0.717) is 25.7 Å². The van der Waals surface area contributed by atoms with E-state index < -0.39 is 74.8 Å². The molecule has 10 nitrogen and oxygen atoms in total. The number of hydrogen-bond acceptors (Lipinski definition) is 10. The van der Waals surface area contributed by atoms with Gasteiger partial charge in [0.25, 0.3) is 10.1 Å². The third-order valence-corrected chi connectivity index (χ3v) is 10.2. The summed E-state index contributed by atoms with van der Waals surface area (Å²) in [6.07, 6.45) is -3.61. The Bertz CT molecular complexity index is 1330. The van der Waals surface area contributed by atoms with Crippen LogP contribution in [0.2, 0.25) is 0 Å². The zero-order valence-electron chi connectivity index (χ0n) is 25.0. The van der Waals surface area contributed by atoms with E-state index in [-0.39, 0.29) is 17.4 Å². The van der Waals surface area contributed by atoms with E-state index >= 15 is 0 Å². The Morgan fingerprint density at radius 1 is 0.953 bits per heavy atom. The second kappa shape index (κ2) is 12.9. The molecule has 3 aliphatic rings. The highest BCUT2D eigenvalue weighted by molar-refractivity contribution is 7.87. The molecular weight excluding hydrogens is 595 g/mol. The SMILES string of the molecule is CCC(C)(C)C(=O)O/N=C(\c1ccccc1)C(F)(F)F.CCC(C)(C)C(=O)OCC(=O)OC1C2CC3C1OS(=O)(=O)C3C2. The van der Waals surface area contributed by atoms with Gasteiger partial charge in [-0.05, 0) is 53.4 Å². The van der Waals surface area contributed by atoms with Gasteiger partial charge in [0, 0.05) is 17.4 Å². The summed E-state index contributed by atoms with van der Waals surface area (Å²) in [6.45, 7) is 9.80. The third-order valence-electron chi connectivity index (χ3n) is 8.41. The third kappa shape index (κ3) is 7.94. The number of alkyl halides is 3. The first kappa shape index (κ1) is 34.5. The topological polar surface area (TPSA) is 135 Å². The molecule has 2 bridgehead atoms. The molecule has 1 aromatic carbocycles. The molecule has 2 aliphatic carbocycles. The minimum atomic E-state index is -4.70. The fourth-order valence-corrected chi connectivity index (χ4v) is 6.79. The van der Waals surface area contributed by atoms with Gasteiger partial charge >= 0.3 is 24.1 Å². The lowest BCUT2D eigenvalue weighted by atomic mass is 9.91. The van der Waals surface area contributed by atoms with Crippen LogP contribution in [0.3, 0.4) is 0 Å². The maximum Gasteiger partial charge on any atom is 0.437 e. The molecule has 0 aromatic heterocycles. The molecule has 1 aromatic rings. The van der Waals surface area contributed by atoms with Crippen molar-refractivity contribution in [3.8, 4) is 0 Å². The van der Waals surface area contributed by atoms with Crippen LogP contribution in [-0.2, 0) is 43.0 Å². The fourth-order valence-electron chi connectivity index (χ4n) is 4.91. The summed E-state index contributed by atoms with van der Waals surface area (Å²) in [7, 11) is -3.53. The van der Waals surface area contributed by atoms with Crippen molar-refractivity contribution in [1.29, 1.82) is 0 Å². The molecule has 0 amide bonds. The fraction of sp³-hybridized carbons (Fsp3) is 0.655. The van der Waals surface area contributed by atoms with Gasteiger partial charge in [-0.2, -0.15) is 21.6 Å². The zero-order chi connectivity index (χ0) is 32.4. The van der Waals surface area contributed by atoms with Crippen LogP contribution < -0.4 is 0 Å². The van der Waals surface area contributed by atoms with Crippen molar-refractivity contribution in [2.24, 2.45) is 27.8 Å². The Hall–Kier alpha value is -3.00. The maximum absolute atomic E-state index is 12.9. The highest BCUT2D eigenvalue weighted by Gasteiger charge is 2.65. The first-order chi connectivity index (χ1) is 19.8. The van der Waals surface area contributed by atoms with Crippen molar-refractivity contribution < 1.29 is 54.5 Å². The molecule has 4 rings (SSSR count). The highest BCUT2D eigenvalue weighted by atomic mass is 32.2. The van der Waals surface area contributed by atoms with Crippen molar-refractivity contribution in [2.45, 2.75) is 90.9 Å². The van der Waals surface area contributed by atoms with Crippen LogP contribution in [0.15, 0.2) is 35.5 Å². The molecule has 240 valence electrons. The van der Waals surface area contributed by atoms with Gasteiger partial charge < -0.3 is 14.3 Å². The largest absolute Gasteiger partial charge is 0.457 e. The molecule has 43 heavy (non-hydrogen) atoms. The van der Waals surface area contributed by atoms with Crippen LogP contribution in [0.4, 0.5) is 13.2 Å². The number of oxime groups is 1. The molecule has 0 spiro atoms. The molecule has 14 heteroatoms. The number of nitrogens with zero attached hydrogens (tertiary/aromatic N) is 1. The second-order valence-corrected chi connectivity index (χ2v) is 14.0. The summed E-state index contributed by atoms with van der Waals surface area (Å²) in [5.41, 5.74) is -2.90. The molecule has 5 unspecified atom stereocenters. The molecule has 3 fully saturated rings. The van der Waals surface area contributed by atoms with Crippen LogP contribution in [0.25, 0.3) is 0 Å². The Kier molecular flexibility index (Phi) is 10.4. The van der Waals surface area contributed by atoms with Gasteiger partial charge in [0.2, 0.25) is 0 Å². The van der Waals surface area contributed by atoms with E-state index in [1.165, 1.54) is 24.3 Å². The first-order valence-corrected chi connectivity index (χ1v) is 15.5. The van der Waals surface area contributed by atoms with Gasteiger partial charge in [0.1, 0.15) is 12.2 Å². The summed E-state index contributed by atoms with van der Waals surface area (Å²) in [5, 5.41) is 2.57. The molecule has 2 saturated carbocycles. The monoisotopic (exact) mass is 633 g/mol. The lowest BCUT2D eigenvalue weighted by Gasteiger charge is -2.25. The van der Waals surface area contributed by atoms with Crippen LogP contribution in [0.5, 0.6) is 0 Å². The Morgan fingerprint density at radius 2 is 1.53 bits per heavy atom. The van der Waals surface area contributed by atoms with Gasteiger partial charge in [-0.1, -0.05) is 49.3 Å². The summed E-state index contributed by atoms with van der Waals surface area (Å²) < 4.78 is 77.9. The van der Waals surface area contributed by atoms with Crippen LogP contribution in [0, 0.1) is 22.7 Å². The predicted molar refractivity (Wildman–Crippen MR) is 148 cm³/mol. The number of carbonyl (C=O) groups is 3. The quantitative estimate of drug-likeness (QED) is 0.122. The van der Waals surface area contributed by atoms with E-state index in [4.69, 9.17) is 13.7 Å². The molecular formula is C29H38F3NO9S. The number of halogens is 3. The molecule has 0 radical (unpaired) electrons. The smallest absolute Gasteiger partial charge is 0.437 e. The van der Waals surface area contributed by atoms with E-state index in [2.05, 4.69) is 9.99 Å². The molecule has 1 saturated heterocycles. The van der Waals surface area contributed by atoms with Crippen LogP contribution >= 0.6 is 0 Å². The second-order valence-electron chi connectivity index (χ2n) is 12.2. The number of esters is 2. The summed E-state index contributed by atoms with van der Waals surface area (Å²) in [5.74, 6) is -1.97. The minimum Gasteiger partial charge on any atom is -0.457 e. The molecule has 0 N–H and O–H groups in total. The van der Waals surface area contributed by atoms with Gasteiger partial charge in [-0.25, -0.2) is 9.59 Å². The number of rotatable bonds is 9. The zero-order valence-corrected chi connectivity index (χ0v) is 25.8. The van der Waals surface area contributed by atoms with Crippen LogP contribution in [-0.4, -0.2) is 62.3 Å². The average molecular weight is 634 g/mol. The Labute approximate surface area is 249 Å². The predicted octanol–water partition coefficient (Wildman–Crippen LogP) is 4.95. The minimum absolute atomic E-state index is 0.0130. The molecule has 5 atom stereocenters. The van der Waals surface area contributed by atoms with Crippen molar-refractivity contribution in [1.82, 2.24) is 0 Å². The van der Waals surface area contributed by atoms with Crippen molar-refractivity contribution in [2.75, 3.05) is 6.61 Å². The van der Waals surface area contributed by atoms with Gasteiger partial charge in [0.05, 0.1) is 16.1 Å². The van der Waals surface area contributed by atoms with Crippen molar-refractivity contribution >= 4 is 33.7 Å². The number of carbonyl (C=O) groups excluding carboxylic acids is 3. The average Bonchev–Trinajstić information content (AvgIpc) is 3.56. The van der Waals surface area contributed by atoms with E-state index in [1.54, 1.807) is 40.7 Å². The normalized spacial score (nSPS) is 25.9. The highest BCUT2D eigenvalue weighted by Crippen LogP contribution is 2.55. The van der Waals surface area contributed by atoms with E-state index in [0.717, 1.165) is 0 Å². The van der Waals surface area contributed by atoms with E-state index in [9.17, 15) is 36.0 Å². The van der Waals surface area contributed by atoms with Gasteiger partial charge in [0.15, 0.2) is 12.3 Å². The summed E-state index contributed by atoms with van der Waals surface area (Å²) in [6, 6.07) is 7.00. The van der Waals surface area contributed by atoms with Gasteiger partial charge in [-0.3, -0.25) is 8.98 Å². The first-order valence-electron chi connectivity index (χ1n) is 14.0. The molecule has 1 aliphatic heterocycles. The summed E-state index contributed by atoms with van der Waals surface area (Å²) in [4.78, 5) is 39.9. The molecule has 1 heterocycles. The number of ether oxygens (including phenoxy) is 2. The number of hydrogen-bond donors (Lipinski definition) is 0. The number of benzene rings is 1.